The number of rotatable bonds is 12. The fourth-order valence-corrected chi connectivity index (χ4v) is 3.74. The SMILES string of the molecule is NCCOCCOCCOCC(=O)Nc1cccc2c1CN(C1CCC(=O)NC1=O)C2O. The molecule has 0 spiro atoms. The van der Waals surface area contributed by atoms with Crippen molar-refractivity contribution >= 4 is 23.4 Å². The first-order valence-electron chi connectivity index (χ1n) is 10.6. The third-order valence-electron chi connectivity index (χ3n) is 5.27. The van der Waals surface area contributed by atoms with E-state index in [2.05, 4.69) is 10.6 Å². The number of nitrogens with one attached hydrogen (secondary N) is 2. The van der Waals surface area contributed by atoms with Gasteiger partial charge in [-0.05, 0) is 18.1 Å². The molecule has 3 amide bonds. The topological polar surface area (TPSA) is 152 Å². The molecular formula is C21H30N4O7. The van der Waals surface area contributed by atoms with E-state index in [4.69, 9.17) is 19.9 Å². The average molecular weight is 450 g/mol. The van der Waals surface area contributed by atoms with Gasteiger partial charge in [0.25, 0.3) is 0 Å². The number of fused-ring (bicyclic) bond motifs is 1. The second-order valence-electron chi connectivity index (χ2n) is 7.50. The number of imide groups is 1. The highest BCUT2D eigenvalue weighted by Crippen LogP contribution is 2.38. The van der Waals surface area contributed by atoms with Crippen molar-refractivity contribution in [2.45, 2.75) is 31.7 Å². The van der Waals surface area contributed by atoms with Gasteiger partial charge in [0.2, 0.25) is 17.7 Å². The predicted molar refractivity (Wildman–Crippen MR) is 113 cm³/mol. The lowest BCUT2D eigenvalue weighted by atomic mass is 10.0. The summed E-state index contributed by atoms with van der Waals surface area (Å²) in [6.07, 6.45) is -0.429. The maximum absolute atomic E-state index is 12.3. The van der Waals surface area contributed by atoms with E-state index in [1.54, 1.807) is 23.1 Å². The summed E-state index contributed by atoms with van der Waals surface area (Å²) in [5.74, 6) is -1.06. The first-order chi connectivity index (χ1) is 15.5. The van der Waals surface area contributed by atoms with E-state index in [0.29, 0.717) is 50.6 Å². The molecule has 2 atom stereocenters. The molecule has 1 aromatic carbocycles. The van der Waals surface area contributed by atoms with Gasteiger partial charge in [-0.15, -0.1) is 0 Å². The van der Waals surface area contributed by atoms with Crippen LogP contribution in [0, 0.1) is 0 Å². The van der Waals surface area contributed by atoms with Crippen molar-refractivity contribution in [3.05, 3.63) is 29.3 Å². The number of aliphatic hydroxyl groups excluding tert-OH is 1. The fourth-order valence-electron chi connectivity index (χ4n) is 3.74. The standard InChI is InChI=1S/C21H30N4O7/c22-6-7-30-8-9-31-10-11-32-13-19(27)23-16-3-1-2-14-15(16)12-25(21(14)29)17-4-5-18(26)24-20(17)28/h1-3,17,21,29H,4-13,22H2,(H,23,27)(H,24,26,28). The molecule has 2 aliphatic rings. The van der Waals surface area contributed by atoms with Crippen LogP contribution in [0.5, 0.6) is 0 Å². The molecule has 0 radical (unpaired) electrons. The normalized spacial score (nSPS) is 20.8. The molecule has 1 aromatic rings. The Bertz CT molecular complexity index is 819. The highest BCUT2D eigenvalue weighted by Gasteiger charge is 2.40. The summed E-state index contributed by atoms with van der Waals surface area (Å²) in [6, 6.07) is 4.62. The van der Waals surface area contributed by atoms with Crippen LogP contribution in [0.25, 0.3) is 0 Å². The minimum Gasteiger partial charge on any atom is -0.378 e. The van der Waals surface area contributed by atoms with Crippen molar-refractivity contribution in [3.63, 3.8) is 0 Å². The molecule has 3 rings (SSSR count). The largest absolute Gasteiger partial charge is 0.378 e. The quantitative estimate of drug-likeness (QED) is 0.238. The Balaban J connectivity index is 1.46. The maximum Gasteiger partial charge on any atom is 0.250 e. The number of hydrogen-bond donors (Lipinski definition) is 4. The van der Waals surface area contributed by atoms with Crippen LogP contribution in [0.2, 0.25) is 0 Å². The molecule has 2 aliphatic heterocycles. The number of carbonyl (C=O) groups excluding carboxylic acids is 3. The molecule has 0 saturated carbocycles. The Labute approximate surface area is 186 Å². The highest BCUT2D eigenvalue weighted by atomic mass is 16.5. The number of aliphatic hydroxyl groups is 1. The number of ether oxygens (including phenoxy) is 3. The number of amides is 3. The second kappa shape index (κ2) is 12.0. The summed E-state index contributed by atoms with van der Waals surface area (Å²) in [5, 5.41) is 15.8. The smallest absolute Gasteiger partial charge is 0.250 e. The van der Waals surface area contributed by atoms with Gasteiger partial charge >= 0.3 is 0 Å². The summed E-state index contributed by atoms with van der Waals surface area (Å²) < 4.78 is 15.8. The lowest BCUT2D eigenvalue weighted by molar-refractivity contribution is -0.141. The van der Waals surface area contributed by atoms with Gasteiger partial charge in [0.1, 0.15) is 12.8 Å². The molecule has 2 heterocycles. The van der Waals surface area contributed by atoms with Gasteiger partial charge in [0.15, 0.2) is 0 Å². The van der Waals surface area contributed by atoms with Gasteiger partial charge in [0.05, 0.1) is 39.1 Å². The van der Waals surface area contributed by atoms with Crippen LogP contribution in [-0.4, -0.2) is 80.0 Å². The van der Waals surface area contributed by atoms with Crippen LogP contribution in [0.4, 0.5) is 5.69 Å². The van der Waals surface area contributed by atoms with Gasteiger partial charge < -0.3 is 30.4 Å². The third kappa shape index (κ3) is 6.31. The predicted octanol–water partition coefficient (Wildman–Crippen LogP) is -0.755. The van der Waals surface area contributed by atoms with Gasteiger partial charge in [-0.1, -0.05) is 12.1 Å². The van der Waals surface area contributed by atoms with Crippen LogP contribution in [0.3, 0.4) is 0 Å². The molecule has 5 N–H and O–H groups in total. The number of carbonyl (C=O) groups is 3. The Hall–Kier alpha value is -2.41. The Morgan fingerprint density at radius 1 is 1.16 bits per heavy atom. The van der Waals surface area contributed by atoms with E-state index in [1.165, 1.54) is 0 Å². The molecule has 32 heavy (non-hydrogen) atoms. The molecule has 1 saturated heterocycles. The molecule has 176 valence electrons. The molecule has 0 bridgehead atoms. The van der Waals surface area contributed by atoms with Crippen LogP contribution in [0.1, 0.15) is 30.2 Å². The highest BCUT2D eigenvalue weighted by molar-refractivity contribution is 6.00. The van der Waals surface area contributed by atoms with Crippen LogP contribution in [-0.2, 0) is 35.1 Å². The number of nitrogens with zero attached hydrogens (tertiary/aromatic N) is 1. The minimum atomic E-state index is -0.993. The van der Waals surface area contributed by atoms with Crippen molar-refractivity contribution in [2.24, 2.45) is 5.73 Å². The van der Waals surface area contributed by atoms with E-state index in [1.807, 2.05) is 0 Å². The number of hydrogen-bond acceptors (Lipinski definition) is 9. The average Bonchev–Trinajstić information content (AvgIpc) is 3.10. The summed E-state index contributed by atoms with van der Waals surface area (Å²) in [6.45, 7) is 2.58. The van der Waals surface area contributed by atoms with Crippen molar-refractivity contribution < 1.29 is 33.7 Å². The van der Waals surface area contributed by atoms with Gasteiger partial charge in [-0.3, -0.25) is 24.6 Å². The monoisotopic (exact) mass is 450 g/mol. The summed E-state index contributed by atoms with van der Waals surface area (Å²) in [7, 11) is 0. The van der Waals surface area contributed by atoms with E-state index in [0.717, 1.165) is 5.56 Å². The molecule has 0 aromatic heterocycles. The van der Waals surface area contributed by atoms with Crippen LogP contribution >= 0.6 is 0 Å². The van der Waals surface area contributed by atoms with Crippen LogP contribution in [0.15, 0.2) is 18.2 Å². The van der Waals surface area contributed by atoms with E-state index in [-0.39, 0.29) is 38.0 Å². The zero-order chi connectivity index (χ0) is 22.9. The van der Waals surface area contributed by atoms with Crippen LogP contribution < -0.4 is 16.4 Å². The molecule has 11 nitrogen and oxygen atoms in total. The Morgan fingerprint density at radius 2 is 1.88 bits per heavy atom. The Morgan fingerprint density at radius 3 is 2.59 bits per heavy atom. The minimum absolute atomic E-state index is 0.143. The fraction of sp³-hybridized carbons (Fsp3) is 0.571. The molecule has 1 fully saturated rings. The van der Waals surface area contributed by atoms with E-state index in [9.17, 15) is 19.5 Å². The molecule has 2 unspecified atom stereocenters. The van der Waals surface area contributed by atoms with Gasteiger partial charge in [-0.25, -0.2) is 0 Å². The summed E-state index contributed by atoms with van der Waals surface area (Å²) >= 11 is 0. The number of benzene rings is 1. The van der Waals surface area contributed by atoms with Crippen molar-refractivity contribution in [1.82, 2.24) is 10.2 Å². The molecule has 11 heteroatoms. The van der Waals surface area contributed by atoms with Gasteiger partial charge in [0, 0.05) is 30.8 Å². The van der Waals surface area contributed by atoms with Gasteiger partial charge in [-0.2, -0.15) is 0 Å². The third-order valence-corrected chi connectivity index (χ3v) is 5.27. The number of anilines is 1. The molecule has 0 aliphatic carbocycles. The number of nitrogens with two attached hydrogens (primary N) is 1. The first kappa shape index (κ1) is 24.2. The summed E-state index contributed by atoms with van der Waals surface area (Å²) in [5.41, 5.74) is 7.23. The van der Waals surface area contributed by atoms with E-state index >= 15 is 0 Å². The van der Waals surface area contributed by atoms with Crippen molar-refractivity contribution in [2.75, 3.05) is 51.5 Å². The van der Waals surface area contributed by atoms with E-state index < -0.39 is 18.2 Å². The zero-order valence-electron chi connectivity index (χ0n) is 17.9. The lowest BCUT2D eigenvalue weighted by Crippen LogP contribution is -2.51. The van der Waals surface area contributed by atoms with Crippen molar-refractivity contribution in [1.29, 1.82) is 0 Å². The van der Waals surface area contributed by atoms with Crippen molar-refractivity contribution in [3.8, 4) is 0 Å². The number of piperidine rings is 1. The Kier molecular flexibility index (Phi) is 9.09. The lowest BCUT2D eigenvalue weighted by Gasteiger charge is -2.31. The first-order valence-corrected chi connectivity index (χ1v) is 10.6. The summed E-state index contributed by atoms with van der Waals surface area (Å²) in [4.78, 5) is 37.6. The second-order valence-corrected chi connectivity index (χ2v) is 7.50. The maximum atomic E-state index is 12.3. The molecular weight excluding hydrogens is 420 g/mol. The zero-order valence-corrected chi connectivity index (χ0v) is 17.9.